The summed E-state index contributed by atoms with van der Waals surface area (Å²) in [6.45, 7) is 0. The third kappa shape index (κ3) is 4.75. The molecule has 0 saturated heterocycles. The number of nitrogens with one attached hydrogen (secondary N) is 3. The van der Waals surface area contributed by atoms with Crippen LogP contribution in [0, 0.1) is 0 Å². The fourth-order valence-electron chi connectivity index (χ4n) is 4.65. The Morgan fingerprint density at radius 2 is 1.15 bits per heavy atom. The average molecular weight is 586 g/mol. The molecule has 41 heavy (non-hydrogen) atoms. The van der Waals surface area contributed by atoms with E-state index in [-0.39, 0.29) is 21.9 Å². The topological polar surface area (TPSA) is 139 Å². The Hall–Kier alpha value is -5.19. The number of H-pyrrole nitrogens is 2. The van der Waals surface area contributed by atoms with E-state index in [2.05, 4.69) is 15.3 Å². The molecule has 2 heterocycles. The highest BCUT2D eigenvalue weighted by molar-refractivity contribution is 6.31. The lowest BCUT2D eigenvalue weighted by molar-refractivity contribution is 0.102. The maximum atomic E-state index is 13.3. The van der Waals surface area contributed by atoms with Gasteiger partial charge in [-0.2, -0.15) is 0 Å². The normalized spacial score (nSPS) is 11.2. The van der Waals surface area contributed by atoms with Gasteiger partial charge in [0.15, 0.2) is 0 Å². The fraction of sp³-hybridized carbons (Fsp3) is 0. The van der Waals surface area contributed by atoms with Crippen molar-refractivity contribution >= 4 is 56.6 Å². The molecule has 3 N–H and O–H groups in total. The SMILES string of the molecule is O=C(Nc1cccc(-n2c(=O)[nH]c(=O)c3ccc(Cl)cc32)c1)c1cccc(-n2c(=O)[nH]c(=O)c3ccc(Cl)cc32)c1. The number of aromatic nitrogens is 4. The maximum Gasteiger partial charge on any atom is 0.333 e. The van der Waals surface area contributed by atoms with Gasteiger partial charge < -0.3 is 5.32 Å². The van der Waals surface area contributed by atoms with Gasteiger partial charge in [-0.1, -0.05) is 35.3 Å². The van der Waals surface area contributed by atoms with Crippen molar-refractivity contribution in [2.24, 2.45) is 0 Å². The molecule has 6 rings (SSSR count). The van der Waals surface area contributed by atoms with Crippen molar-refractivity contribution in [1.82, 2.24) is 19.1 Å². The van der Waals surface area contributed by atoms with Gasteiger partial charge in [0.25, 0.3) is 17.0 Å². The van der Waals surface area contributed by atoms with Gasteiger partial charge in [-0.3, -0.25) is 33.5 Å². The van der Waals surface area contributed by atoms with Crippen LogP contribution in [-0.2, 0) is 0 Å². The van der Waals surface area contributed by atoms with Crippen LogP contribution in [0.15, 0.2) is 104 Å². The zero-order valence-electron chi connectivity index (χ0n) is 20.8. The number of hydrogen-bond donors (Lipinski definition) is 3. The summed E-state index contributed by atoms with van der Waals surface area (Å²) in [5.74, 6) is -0.495. The number of rotatable bonds is 4. The summed E-state index contributed by atoms with van der Waals surface area (Å²) < 4.78 is 2.55. The summed E-state index contributed by atoms with van der Waals surface area (Å²) in [5, 5.41) is 3.99. The van der Waals surface area contributed by atoms with Gasteiger partial charge in [-0.25, -0.2) is 9.59 Å². The number of nitrogens with zero attached hydrogens (tertiary/aromatic N) is 2. The van der Waals surface area contributed by atoms with Crippen LogP contribution in [0.25, 0.3) is 33.2 Å². The summed E-state index contributed by atoms with van der Waals surface area (Å²) in [6, 6.07) is 21.9. The van der Waals surface area contributed by atoms with E-state index in [1.165, 1.54) is 39.5 Å². The molecule has 0 bridgehead atoms. The predicted octanol–water partition coefficient (Wildman–Crippen LogP) is 4.23. The molecule has 6 aromatic rings. The van der Waals surface area contributed by atoms with E-state index in [0.29, 0.717) is 32.6 Å². The molecule has 2 aromatic heterocycles. The lowest BCUT2D eigenvalue weighted by atomic mass is 10.1. The zero-order valence-corrected chi connectivity index (χ0v) is 22.3. The Kier molecular flexibility index (Phi) is 6.41. The van der Waals surface area contributed by atoms with Gasteiger partial charge >= 0.3 is 11.4 Å². The molecule has 0 saturated carbocycles. The van der Waals surface area contributed by atoms with Gasteiger partial charge in [0.1, 0.15) is 0 Å². The third-order valence-corrected chi connectivity index (χ3v) is 6.94. The molecule has 0 unspecified atom stereocenters. The van der Waals surface area contributed by atoms with E-state index in [0.717, 1.165) is 0 Å². The highest BCUT2D eigenvalue weighted by Gasteiger charge is 2.14. The van der Waals surface area contributed by atoms with E-state index >= 15 is 0 Å². The molecular weight excluding hydrogens is 569 g/mol. The molecule has 0 radical (unpaired) electrons. The van der Waals surface area contributed by atoms with Gasteiger partial charge in [-0.15, -0.1) is 0 Å². The summed E-state index contributed by atoms with van der Waals surface area (Å²) in [5.41, 5.74) is -0.549. The molecule has 0 spiro atoms. The number of fused-ring (bicyclic) bond motifs is 2. The van der Waals surface area contributed by atoms with Gasteiger partial charge in [0, 0.05) is 21.3 Å². The first-order valence-corrected chi connectivity index (χ1v) is 12.9. The molecule has 0 fully saturated rings. The Bertz CT molecular complexity index is 2280. The van der Waals surface area contributed by atoms with Gasteiger partial charge in [0.2, 0.25) is 0 Å². The molecule has 0 aliphatic carbocycles. The summed E-state index contributed by atoms with van der Waals surface area (Å²) >= 11 is 12.3. The minimum Gasteiger partial charge on any atom is -0.322 e. The molecule has 12 heteroatoms. The van der Waals surface area contributed by atoms with Gasteiger partial charge in [0.05, 0.1) is 33.2 Å². The summed E-state index contributed by atoms with van der Waals surface area (Å²) in [7, 11) is 0. The van der Waals surface area contributed by atoms with Crippen molar-refractivity contribution in [2.45, 2.75) is 0 Å². The standard InChI is InChI=1S/C29H17Cl2N5O5/c30-16-7-9-21-23(12-16)35(28(40)33-26(21)38)19-5-1-3-15(11-19)25(37)32-18-4-2-6-20(14-18)36-24-13-17(31)8-10-22(24)27(39)34-29(36)41/h1-14H,(H,32,37)(H,33,38,40)(H,34,39,41). The van der Waals surface area contributed by atoms with Crippen LogP contribution in [0.3, 0.4) is 0 Å². The van der Waals surface area contributed by atoms with E-state index in [9.17, 15) is 24.0 Å². The number of anilines is 1. The van der Waals surface area contributed by atoms with E-state index in [1.54, 1.807) is 54.6 Å². The van der Waals surface area contributed by atoms with Crippen LogP contribution in [0.2, 0.25) is 10.0 Å². The van der Waals surface area contributed by atoms with E-state index in [1.807, 2.05) is 0 Å². The first kappa shape index (κ1) is 26.1. The van der Waals surface area contributed by atoms with Crippen molar-refractivity contribution in [2.75, 3.05) is 5.32 Å². The minimum atomic E-state index is -0.686. The van der Waals surface area contributed by atoms with Crippen molar-refractivity contribution < 1.29 is 4.79 Å². The fourth-order valence-corrected chi connectivity index (χ4v) is 4.98. The first-order valence-electron chi connectivity index (χ1n) is 12.1. The van der Waals surface area contributed by atoms with Crippen LogP contribution < -0.4 is 27.8 Å². The molecule has 1 amide bonds. The smallest absolute Gasteiger partial charge is 0.322 e. The van der Waals surface area contributed by atoms with E-state index in [4.69, 9.17) is 23.2 Å². The Labute approximate surface area is 239 Å². The zero-order chi connectivity index (χ0) is 28.8. The largest absolute Gasteiger partial charge is 0.333 e. The number of carbonyl (C=O) groups is 1. The number of aromatic amines is 2. The average Bonchev–Trinajstić information content (AvgIpc) is 2.93. The highest BCUT2D eigenvalue weighted by Crippen LogP contribution is 2.22. The Morgan fingerprint density at radius 1 is 0.634 bits per heavy atom. The molecule has 4 aromatic carbocycles. The van der Waals surface area contributed by atoms with Crippen molar-refractivity contribution in [3.05, 3.63) is 142 Å². The molecular formula is C29H17Cl2N5O5. The predicted molar refractivity (Wildman–Crippen MR) is 158 cm³/mol. The number of amides is 1. The lowest BCUT2D eigenvalue weighted by Crippen LogP contribution is -2.29. The second-order valence-electron chi connectivity index (χ2n) is 9.07. The monoisotopic (exact) mass is 585 g/mol. The molecule has 0 aliphatic heterocycles. The maximum absolute atomic E-state index is 13.3. The van der Waals surface area contributed by atoms with Crippen LogP contribution >= 0.6 is 23.2 Å². The minimum absolute atomic E-state index is 0.222. The Balaban J connectivity index is 1.38. The molecule has 10 nitrogen and oxygen atoms in total. The first-order chi connectivity index (χ1) is 19.7. The highest BCUT2D eigenvalue weighted by atomic mass is 35.5. The quantitative estimate of drug-likeness (QED) is 0.284. The van der Waals surface area contributed by atoms with E-state index < -0.39 is 28.4 Å². The van der Waals surface area contributed by atoms with Crippen LogP contribution in [0.1, 0.15) is 10.4 Å². The third-order valence-electron chi connectivity index (χ3n) is 6.47. The summed E-state index contributed by atoms with van der Waals surface area (Å²) in [6.07, 6.45) is 0. The van der Waals surface area contributed by atoms with Crippen molar-refractivity contribution in [3.63, 3.8) is 0 Å². The molecule has 202 valence electrons. The Morgan fingerprint density at radius 3 is 1.71 bits per heavy atom. The van der Waals surface area contributed by atoms with Crippen LogP contribution in [0.5, 0.6) is 0 Å². The number of halogens is 2. The van der Waals surface area contributed by atoms with Crippen LogP contribution in [-0.4, -0.2) is 25.0 Å². The number of benzene rings is 4. The van der Waals surface area contributed by atoms with Gasteiger partial charge in [-0.05, 0) is 72.8 Å². The molecule has 0 atom stereocenters. The van der Waals surface area contributed by atoms with Crippen molar-refractivity contribution in [1.29, 1.82) is 0 Å². The second-order valence-corrected chi connectivity index (χ2v) is 9.94. The number of hydrogen-bond acceptors (Lipinski definition) is 5. The number of carbonyl (C=O) groups excluding carboxylic acids is 1. The van der Waals surface area contributed by atoms with Crippen molar-refractivity contribution in [3.8, 4) is 11.4 Å². The molecule has 0 aliphatic rings. The second kappa shape index (κ2) is 10.1. The lowest BCUT2D eigenvalue weighted by Gasteiger charge is -2.13. The van der Waals surface area contributed by atoms with Crippen LogP contribution in [0.4, 0.5) is 5.69 Å². The summed E-state index contributed by atoms with van der Waals surface area (Å²) in [4.78, 5) is 68.0.